The summed E-state index contributed by atoms with van der Waals surface area (Å²) in [4.78, 5) is 2.55. The second-order valence-corrected chi connectivity index (χ2v) is 4.95. The van der Waals surface area contributed by atoms with Crippen LogP contribution in [0.1, 0.15) is 11.7 Å². The van der Waals surface area contributed by atoms with Gasteiger partial charge < -0.3 is 4.74 Å². The standard InChI is InChI=1S/C14H12OS/c1-2-4-12(5-3-1)16-13-8-6-11(7-9-13)14-10-15-14/h1-9,14H,10H2. The maximum absolute atomic E-state index is 5.25. The van der Waals surface area contributed by atoms with Crippen LogP contribution in [0, 0.1) is 0 Å². The number of benzene rings is 2. The molecule has 0 N–H and O–H groups in total. The van der Waals surface area contributed by atoms with Gasteiger partial charge in [-0.15, -0.1) is 0 Å². The molecule has 2 aromatic rings. The number of epoxide rings is 1. The minimum Gasteiger partial charge on any atom is -0.368 e. The smallest absolute Gasteiger partial charge is 0.106 e. The highest BCUT2D eigenvalue weighted by Gasteiger charge is 2.24. The van der Waals surface area contributed by atoms with E-state index in [4.69, 9.17) is 4.74 Å². The normalized spacial score (nSPS) is 18.4. The number of hydrogen-bond acceptors (Lipinski definition) is 2. The van der Waals surface area contributed by atoms with Gasteiger partial charge in [0.2, 0.25) is 0 Å². The van der Waals surface area contributed by atoms with E-state index in [1.54, 1.807) is 11.8 Å². The molecule has 1 saturated heterocycles. The van der Waals surface area contributed by atoms with Crippen LogP contribution in [0.25, 0.3) is 0 Å². The Labute approximate surface area is 99.4 Å². The minimum atomic E-state index is 0.357. The fourth-order valence-electron chi connectivity index (χ4n) is 1.62. The molecule has 2 aromatic carbocycles. The van der Waals surface area contributed by atoms with Crippen LogP contribution in [0.15, 0.2) is 64.4 Å². The third-order valence-corrected chi connectivity index (χ3v) is 3.58. The predicted octanol–water partition coefficient (Wildman–Crippen LogP) is 3.91. The summed E-state index contributed by atoms with van der Waals surface area (Å²) in [5.41, 5.74) is 1.29. The first-order valence-electron chi connectivity index (χ1n) is 5.36. The van der Waals surface area contributed by atoms with Gasteiger partial charge in [0.05, 0.1) is 6.61 Å². The van der Waals surface area contributed by atoms with E-state index in [0.29, 0.717) is 6.10 Å². The lowest BCUT2D eigenvalue weighted by Gasteiger charge is -2.02. The van der Waals surface area contributed by atoms with Crippen molar-refractivity contribution in [1.29, 1.82) is 0 Å². The fraction of sp³-hybridized carbons (Fsp3) is 0.143. The molecule has 0 aromatic heterocycles. The second kappa shape index (κ2) is 4.32. The lowest BCUT2D eigenvalue weighted by molar-refractivity contribution is 0.415. The van der Waals surface area contributed by atoms with Crippen molar-refractivity contribution in [2.75, 3.05) is 6.61 Å². The Balaban J connectivity index is 1.75. The summed E-state index contributed by atoms with van der Waals surface area (Å²) < 4.78 is 5.25. The van der Waals surface area contributed by atoms with Crippen LogP contribution in [-0.4, -0.2) is 6.61 Å². The largest absolute Gasteiger partial charge is 0.368 e. The zero-order chi connectivity index (χ0) is 10.8. The van der Waals surface area contributed by atoms with E-state index in [-0.39, 0.29) is 0 Å². The van der Waals surface area contributed by atoms with E-state index in [9.17, 15) is 0 Å². The van der Waals surface area contributed by atoms with Crippen molar-refractivity contribution in [1.82, 2.24) is 0 Å². The van der Waals surface area contributed by atoms with Gasteiger partial charge in [0, 0.05) is 9.79 Å². The van der Waals surface area contributed by atoms with Crippen LogP contribution in [0.3, 0.4) is 0 Å². The highest BCUT2D eigenvalue weighted by atomic mass is 32.2. The molecule has 0 bridgehead atoms. The van der Waals surface area contributed by atoms with Crippen molar-refractivity contribution in [3.8, 4) is 0 Å². The van der Waals surface area contributed by atoms with Crippen LogP contribution in [-0.2, 0) is 4.74 Å². The van der Waals surface area contributed by atoms with Gasteiger partial charge >= 0.3 is 0 Å². The van der Waals surface area contributed by atoms with Crippen LogP contribution >= 0.6 is 11.8 Å². The van der Waals surface area contributed by atoms with Gasteiger partial charge in [-0.3, -0.25) is 0 Å². The summed E-state index contributed by atoms with van der Waals surface area (Å²) in [7, 11) is 0. The molecular weight excluding hydrogens is 216 g/mol. The van der Waals surface area contributed by atoms with Crippen molar-refractivity contribution in [2.24, 2.45) is 0 Å². The number of rotatable bonds is 3. The first-order valence-corrected chi connectivity index (χ1v) is 6.18. The van der Waals surface area contributed by atoms with E-state index in [1.165, 1.54) is 15.4 Å². The summed E-state index contributed by atoms with van der Waals surface area (Å²) in [5, 5.41) is 0. The molecule has 0 aliphatic carbocycles. The molecule has 0 radical (unpaired) electrons. The highest BCUT2D eigenvalue weighted by molar-refractivity contribution is 7.99. The fourth-order valence-corrected chi connectivity index (χ4v) is 2.45. The van der Waals surface area contributed by atoms with Crippen molar-refractivity contribution >= 4 is 11.8 Å². The Morgan fingerprint density at radius 2 is 1.50 bits per heavy atom. The molecule has 1 aliphatic heterocycles. The molecule has 80 valence electrons. The zero-order valence-electron chi connectivity index (χ0n) is 8.80. The molecule has 1 heterocycles. The molecule has 1 fully saturated rings. The van der Waals surface area contributed by atoms with Gasteiger partial charge in [0.25, 0.3) is 0 Å². The number of hydrogen-bond donors (Lipinski definition) is 0. The first kappa shape index (κ1) is 9.94. The molecule has 1 unspecified atom stereocenters. The van der Waals surface area contributed by atoms with Crippen LogP contribution in [0.4, 0.5) is 0 Å². The summed E-state index contributed by atoms with van der Waals surface area (Å²) in [6.45, 7) is 0.880. The Hall–Kier alpha value is -1.25. The molecule has 16 heavy (non-hydrogen) atoms. The maximum Gasteiger partial charge on any atom is 0.106 e. The monoisotopic (exact) mass is 228 g/mol. The molecule has 1 atom stereocenters. The van der Waals surface area contributed by atoms with Crippen LogP contribution in [0.2, 0.25) is 0 Å². The van der Waals surface area contributed by atoms with Gasteiger partial charge in [-0.05, 0) is 29.8 Å². The average Bonchev–Trinajstić information content (AvgIpc) is 3.15. The third kappa shape index (κ3) is 2.29. The average molecular weight is 228 g/mol. The maximum atomic E-state index is 5.25. The molecule has 0 saturated carbocycles. The van der Waals surface area contributed by atoms with Crippen molar-refractivity contribution < 1.29 is 4.74 Å². The minimum absolute atomic E-state index is 0.357. The van der Waals surface area contributed by atoms with E-state index in [0.717, 1.165) is 6.61 Å². The molecule has 2 heteroatoms. The molecule has 1 aliphatic rings. The van der Waals surface area contributed by atoms with Crippen LogP contribution in [0.5, 0.6) is 0 Å². The van der Waals surface area contributed by atoms with Crippen molar-refractivity contribution in [2.45, 2.75) is 15.9 Å². The third-order valence-electron chi connectivity index (χ3n) is 2.56. The summed E-state index contributed by atoms with van der Waals surface area (Å²) in [5.74, 6) is 0. The summed E-state index contributed by atoms with van der Waals surface area (Å²) in [6.07, 6.45) is 0.357. The second-order valence-electron chi connectivity index (χ2n) is 3.81. The predicted molar refractivity (Wildman–Crippen MR) is 65.7 cm³/mol. The molecular formula is C14H12OS. The molecule has 0 amide bonds. The Morgan fingerprint density at radius 3 is 2.12 bits per heavy atom. The Bertz CT molecular complexity index is 460. The highest BCUT2D eigenvalue weighted by Crippen LogP contribution is 2.32. The van der Waals surface area contributed by atoms with Gasteiger partial charge in [-0.25, -0.2) is 0 Å². The van der Waals surface area contributed by atoms with Gasteiger partial charge in [-0.1, -0.05) is 42.1 Å². The van der Waals surface area contributed by atoms with E-state index >= 15 is 0 Å². The SMILES string of the molecule is c1ccc(Sc2ccc(C3CO3)cc2)cc1. The number of ether oxygens (including phenoxy) is 1. The van der Waals surface area contributed by atoms with Crippen molar-refractivity contribution in [3.05, 3.63) is 60.2 Å². The summed E-state index contributed by atoms with van der Waals surface area (Å²) in [6, 6.07) is 19.1. The van der Waals surface area contributed by atoms with E-state index in [1.807, 2.05) is 6.07 Å². The van der Waals surface area contributed by atoms with Crippen molar-refractivity contribution in [3.63, 3.8) is 0 Å². The lowest BCUT2D eigenvalue weighted by atomic mass is 10.2. The van der Waals surface area contributed by atoms with E-state index < -0.39 is 0 Å². The Morgan fingerprint density at radius 1 is 0.875 bits per heavy atom. The summed E-state index contributed by atoms with van der Waals surface area (Å²) >= 11 is 1.79. The Kier molecular flexibility index (Phi) is 2.68. The quantitative estimate of drug-likeness (QED) is 0.738. The lowest BCUT2D eigenvalue weighted by Crippen LogP contribution is -1.79. The molecule has 3 rings (SSSR count). The van der Waals surface area contributed by atoms with Gasteiger partial charge in [-0.2, -0.15) is 0 Å². The topological polar surface area (TPSA) is 12.5 Å². The first-order chi connectivity index (χ1) is 7.92. The molecule has 0 spiro atoms. The van der Waals surface area contributed by atoms with Gasteiger partial charge in [0.15, 0.2) is 0 Å². The molecule has 1 nitrogen and oxygen atoms in total. The van der Waals surface area contributed by atoms with E-state index in [2.05, 4.69) is 48.5 Å². The van der Waals surface area contributed by atoms with Gasteiger partial charge in [0.1, 0.15) is 6.10 Å². The zero-order valence-corrected chi connectivity index (χ0v) is 9.61. The van der Waals surface area contributed by atoms with Crippen LogP contribution < -0.4 is 0 Å².